The lowest BCUT2D eigenvalue weighted by molar-refractivity contribution is -0.143. The topological polar surface area (TPSA) is 39.2 Å². The smallest absolute Gasteiger partial charge is 0.433 e. The van der Waals surface area contributed by atoms with Crippen molar-refractivity contribution >= 4 is 28.6 Å². The van der Waals surface area contributed by atoms with Crippen LogP contribution in [0.15, 0.2) is 6.07 Å². The number of methoxy groups -OCH3 is 1. The fourth-order valence-electron chi connectivity index (χ4n) is 1.30. The van der Waals surface area contributed by atoms with Crippen LogP contribution < -0.4 is 0 Å². The lowest BCUT2D eigenvalue weighted by Gasteiger charge is -2.14. The summed E-state index contributed by atoms with van der Waals surface area (Å²) in [6.07, 6.45) is -8.73. The molecule has 0 saturated carbocycles. The van der Waals surface area contributed by atoms with Gasteiger partial charge in [-0.3, -0.25) is 4.79 Å². The number of alkyl halides is 5. The van der Waals surface area contributed by atoms with Crippen molar-refractivity contribution in [1.82, 2.24) is 4.98 Å². The van der Waals surface area contributed by atoms with Gasteiger partial charge in [-0.2, -0.15) is 13.2 Å². The van der Waals surface area contributed by atoms with E-state index in [0.29, 0.717) is 6.07 Å². The largest absolute Gasteiger partial charge is 0.469 e. The van der Waals surface area contributed by atoms with Crippen molar-refractivity contribution in [2.24, 2.45) is 0 Å². The van der Waals surface area contributed by atoms with Crippen molar-refractivity contribution in [2.45, 2.75) is 19.0 Å². The summed E-state index contributed by atoms with van der Waals surface area (Å²) in [7, 11) is 1.08. The molecule has 106 valence electrons. The van der Waals surface area contributed by atoms with E-state index in [1.54, 1.807) is 0 Å². The van der Waals surface area contributed by atoms with Crippen LogP contribution in [0, 0.1) is 3.70 Å². The summed E-state index contributed by atoms with van der Waals surface area (Å²) >= 11 is 1.45. The molecular formula is C10H7F5INO2. The number of rotatable bonds is 3. The third-order valence-electron chi connectivity index (χ3n) is 2.14. The SMILES string of the molecule is COC(=O)Cc1cc(C(F)F)c(C(F)(F)F)nc1I. The van der Waals surface area contributed by atoms with Crippen LogP contribution in [0.4, 0.5) is 22.0 Å². The molecule has 0 aliphatic rings. The Morgan fingerprint density at radius 2 is 2.05 bits per heavy atom. The standard InChI is InChI=1S/C10H7F5INO2/c1-19-6(18)3-4-2-5(8(11)12)7(10(13,14)15)17-9(4)16/h2,8H,3H2,1H3. The van der Waals surface area contributed by atoms with Crippen LogP contribution in [0.5, 0.6) is 0 Å². The summed E-state index contributed by atoms with van der Waals surface area (Å²) in [6, 6.07) is 0.638. The van der Waals surface area contributed by atoms with Crippen LogP contribution in [-0.2, 0) is 22.1 Å². The van der Waals surface area contributed by atoms with Gasteiger partial charge in [0.05, 0.1) is 13.5 Å². The van der Waals surface area contributed by atoms with Crippen molar-refractivity contribution < 1.29 is 31.5 Å². The molecule has 1 aromatic rings. The Labute approximate surface area is 118 Å². The molecule has 0 spiro atoms. The van der Waals surface area contributed by atoms with Gasteiger partial charge in [0.1, 0.15) is 3.70 Å². The normalized spacial score (nSPS) is 11.8. The van der Waals surface area contributed by atoms with Gasteiger partial charge in [0, 0.05) is 5.56 Å². The molecule has 1 heterocycles. The molecule has 0 unspecified atom stereocenters. The Bertz CT molecular complexity index is 490. The molecule has 0 saturated heterocycles. The number of carbonyl (C=O) groups excluding carboxylic acids is 1. The van der Waals surface area contributed by atoms with E-state index in [1.165, 1.54) is 22.6 Å². The van der Waals surface area contributed by atoms with Gasteiger partial charge in [-0.05, 0) is 34.2 Å². The molecule has 0 aliphatic carbocycles. The maximum Gasteiger partial charge on any atom is 0.433 e. The Hall–Kier alpha value is -1.00. The monoisotopic (exact) mass is 395 g/mol. The lowest BCUT2D eigenvalue weighted by atomic mass is 10.1. The van der Waals surface area contributed by atoms with Crippen LogP contribution in [0.1, 0.15) is 23.2 Å². The first-order valence-electron chi connectivity index (χ1n) is 4.78. The number of halogens is 6. The molecule has 0 radical (unpaired) electrons. The van der Waals surface area contributed by atoms with Gasteiger partial charge in [-0.25, -0.2) is 13.8 Å². The minimum atomic E-state index is -4.98. The molecule has 19 heavy (non-hydrogen) atoms. The quantitative estimate of drug-likeness (QED) is 0.341. The summed E-state index contributed by atoms with van der Waals surface area (Å²) in [5, 5.41) is 0. The summed E-state index contributed by atoms with van der Waals surface area (Å²) in [6.45, 7) is 0. The highest BCUT2D eigenvalue weighted by Gasteiger charge is 2.38. The lowest BCUT2D eigenvalue weighted by Crippen LogP contribution is -2.16. The van der Waals surface area contributed by atoms with Gasteiger partial charge in [0.15, 0.2) is 5.69 Å². The van der Waals surface area contributed by atoms with E-state index in [-0.39, 0.29) is 9.26 Å². The predicted molar refractivity (Wildman–Crippen MR) is 62.6 cm³/mol. The number of esters is 1. The Balaban J connectivity index is 3.33. The highest BCUT2D eigenvalue weighted by Crippen LogP contribution is 2.36. The summed E-state index contributed by atoms with van der Waals surface area (Å²) in [4.78, 5) is 14.2. The minimum Gasteiger partial charge on any atom is -0.469 e. The maximum absolute atomic E-state index is 12.6. The molecule has 0 atom stereocenters. The second-order valence-electron chi connectivity index (χ2n) is 3.43. The molecular weight excluding hydrogens is 388 g/mol. The van der Waals surface area contributed by atoms with Crippen LogP contribution >= 0.6 is 22.6 Å². The van der Waals surface area contributed by atoms with Crippen molar-refractivity contribution in [3.8, 4) is 0 Å². The van der Waals surface area contributed by atoms with E-state index in [9.17, 15) is 26.7 Å². The van der Waals surface area contributed by atoms with E-state index in [1.807, 2.05) is 0 Å². The number of aromatic nitrogens is 1. The van der Waals surface area contributed by atoms with E-state index in [4.69, 9.17) is 0 Å². The van der Waals surface area contributed by atoms with E-state index in [0.717, 1.165) is 7.11 Å². The van der Waals surface area contributed by atoms with Crippen molar-refractivity contribution in [3.63, 3.8) is 0 Å². The number of pyridine rings is 1. The van der Waals surface area contributed by atoms with Crippen molar-refractivity contribution in [1.29, 1.82) is 0 Å². The molecule has 1 aromatic heterocycles. The Morgan fingerprint density at radius 3 is 2.47 bits per heavy atom. The average Bonchev–Trinajstić information content (AvgIpc) is 2.29. The molecule has 0 aromatic carbocycles. The summed E-state index contributed by atoms with van der Waals surface area (Å²) in [5.74, 6) is -0.750. The summed E-state index contributed by atoms with van der Waals surface area (Å²) < 4.78 is 67.1. The molecule has 0 amide bonds. The highest BCUT2D eigenvalue weighted by molar-refractivity contribution is 14.1. The first-order chi connectivity index (χ1) is 8.66. The number of hydrogen-bond donors (Lipinski definition) is 0. The Morgan fingerprint density at radius 1 is 1.47 bits per heavy atom. The van der Waals surface area contributed by atoms with Crippen LogP contribution in [0.3, 0.4) is 0 Å². The van der Waals surface area contributed by atoms with Gasteiger partial charge in [-0.15, -0.1) is 0 Å². The van der Waals surface area contributed by atoms with Gasteiger partial charge >= 0.3 is 12.1 Å². The molecule has 0 fully saturated rings. The second-order valence-corrected chi connectivity index (χ2v) is 4.45. The Kier molecular flexibility index (Phi) is 5.04. The zero-order valence-corrected chi connectivity index (χ0v) is 11.6. The maximum atomic E-state index is 12.6. The van der Waals surface area contributed by atoms with Crippen LogP contribution in [0.2, 0.25) is 0 Å². The van der Waals surface area contributed by atoms with Gasteiger partial charge in [0.25, 0.3) is 6.43 Å². The third-order valence-corrected chi connectivity index (χ3v) is 3.08. The summed E-state index contributed by atoms with van der Waals surface area (Å²) in [5.41, 5.74) is -2.91. The second kappa shape index (κ2) is 5.97. The molecule has 3 nitrogen and oxygen atoms in total. The zero-order valence-electron chi connectivity index (χ0n) is 9.39. The zero-order chi connectivity index (χ0) is 14.8. The van der Waals surface area contributed by atoms with Gasteiger partial charge in [0.2, 0.25) is 0 Å². The average molecular weight is 395 g/mol. The fourth-order valence-corrected chi connectivity index (χ4v) is 1.88. The van der Waals surface area contributed by atoms with Gasteiger partial charge in [-0.1, -0.05) is 0 Å². The molecule has 0 N–H and O–H groups in total. The first-order valence-corrected chi connectivity index (χ1v) is 5.86. The fraction of sp³-hybridized carbons (Fsp3) is 0.400. The van der Waals surface area contributed by atoms with Crippen LogP contribution in [-0.4, -0.2) is 18.1 Å². The first kappa shape index (κ1) is 16.1. The molecule has 0 bridgehead atoms. The number of nitrogens with zero attached hydrogens (tertiary/aromatic N) is 1. The number of ether oxygens (including phenoxy) is 1. The molecule has 9 heteroatoms. The highest BCUT2D eigenvalue weighted by atomic mass is 127. The van der Waals surface area contributed by atoms with Crippen molar-refractivity contribution in [2.75, 3.05) is 7.11 Å². The van der Waals surface area contributed by atoms with Gasteiger partial charge < -0.3 is 4.74 Å². The third kappa shape index (κ3) is 3.98. The van der Waals surface area contributed by atoms with Crippen LogP contribution in [0.25, 0.3) is 0 Å². The van der Waals surface area contributed by atoms with Crippen molar-refractivity contribution in [3.05, 3.63) is 26.6 Å². The number of carbonyl (C=O) groups is 1. The number of hydrogen-bond acceptors (Lipinski definition) is 3. The van der Waals surface area contributed by atoms with E-state index in [2.05, 4.69) is 9.72 Å². The predicted octanol–water partition coefficient (Wildman–Crippen LogP) is 3.36. The van der Waals surface area contributed by atoms with E-state index < -0.39 is 36.2 Å². The molecule has 1 rings (SSSR count). The molecule has 0 aliphatic heterocycles. The van der Waals surface area contributed by atoms with E-state index >= 15 is 0 Å². The minimum absolute atomic E-state index is 0.0317.